The van der Waals surface area contributed by atoms with Gasteiger partial charge in [-0.3, -0.25) is 14.4 Å². The van der Waals surface area contributed by atoms with E-state index in [1.807, 2.05) is 95.9 Å². The first kappa shape index (κ1) is 33.4. The van der Waals surface area contributed by atoms with Crippen LogP contribution in [-0.2, 0) is 20.8 Å². The van der Waals surface area contributed by atoms with E-state index in [0.29, 0.717) is 12.8 Å². The fraction of sp³-hybridized carbons (Fsp3) is 0.447. The minimum atomic E-state index is -0.692. The Kier molecular flexibility index (Phi) is 10.9. The van der Waals surface area contributed by atoms with Crippen LogP contribution in [0.2, 0.25) is 0 Å². The van der Waals surface area contributed by atoms with Crippen LogP contribution in [0.1, 0.15) is 54.8 Å². The van der Waals surface area contributed by atoms with Crippen LogP contribution in [0.4, 0.5) is 0 Å². The molecule has 2 aliphatic heterocycles. The zero-order valence-electron chi connectivity index (χ0n) is 27.7. The molecule has 0 aliphatic carbocycles. The Bertz CT molecular complexity index is 1400. The van der Waals surface area contributed by atoms with Crippen LogP contribution in [0.15, 0.2) is 91.0 Å². The normalized spacial score (nSPS) is 22.2. The van der Waals surface area contributed by atoms with Gasteiger partial charge in [-0.15, -0.1) is 0 Å². The van der Waals surface area contributed by atoms with E-state index in [9.17, 15) is 14.4 Å². The second-order valence-corrected chi connectivity index (χ2v) is 13.9. The molecule has 3 amide bonds. The maximum Gasteiger partial charge on any atom is 0.246 e. The number of fused-ring (bicyclic) bond motifs is 1. The number of carbonyl (C=O) groups excluding carboxylic acids is 3. The van der Waals surface area contributed by atoms with Crippen LogP contribution >= 0.6 is 0 Å². The number of amides is 3. The van der Waals surface area contributed by atoms with Gasteiger partial charge in [0.1, 0.15) is 12.1 Å². The summed E-state index contributed by atoms with van der Waals surface area (Å²) in [5.74, 6) is -0.489. The Morgan fingerprint density at radius 1 is 0.826 bits per heavy atom. The number of nitrogens with one attached hydrogen (secondary N) is 3. The van der Waals surface area contributed by atoms with Crippen LogP contribution in [0.5, 0.6) is 0 Å². The standard InChI is InChI=1S/C38H49N5O3/c1-39-32(26-27-14-8-5-9-15-27)36(44)41-35-30(24-25-43(2,3)4)20-21-31-22-23-33(42(31)38(35)46)37(45)40-34(28-16-10-6-11-17-28)29-18-12-7-13-19-29/h5-19,30-35,39H,20-26H2,1-4H3,(H-,40,41,44,45)/p+1/t30-,31+,32-,33+,35+/m1/s1. The van der Waals surface area contributed by atoms with Crippen LogP contribution in [-0.4, -0.2) is 86.0 Å². The highest BCUT2D eigenvalue weighted by Gasteiger charge is 2.48. The van der Waals surface area contributed by atoms with Crippen molar-refractivity contribution < 1.29 is 18.9 Å². The highest BCUT2D eigenvalue weighted by atomic mass is 16.2. The van der Waals surface area contributed by atoms with E-state index in [4.69, 9.17) is 0 Å². The summed E-state index contributed by atoms with van der Waals surface area (Å²) in [5.41, 5.74) is 3.02. The quantitative estimate of drug-likeness (QED) is 0.265. The zero-order chi connectivity index (χ0) is 32.7. The molecule has 8 heteroatoms. The number of benzene rings is 3. The Hall–Kier alpha value is -4.01. The smallest absolute Gasteiger partial charge is 0.246 e. The van der Waals surface area contributed by atoms with Gasteiger partial charge >= 0.3 is 0 Å². The molecule has 2 heterocycles. The average molecular weight is 625 g/mol. The molecule has 0 unspecified atom stereocenters. The first-order valence-electron chi connectivity index (χ1n) is 16.7. The van der Waals surface area contributed by atoms with Crippen molar-refractivity contribution in [1.82, 2.24) is 20.9 Å². The summed E-state index contributed by atoms with van der Waals surface area (Å²) in [7, 11) is 8.23. The topological polar surface area (TPSA) is 90.5 Å². The number of carbonyl (C=O) groups is 3. The lowest BCUT2D eigenvalue weighted by Gasteiger charge is -2.34. The summed E-state index contributed by atoms with van der Waals surface area (Å²) in [6.45, 7) is 0.883. The maximum absolute atomic E-state index is 14.6. The monoisotopic (exact) mass is 624 g/mol. The number of nitrogens with zero attached hydrogens (tertiary/aromatic N) is 2. The molecule has 2 saturated heterocycles. The second-order valence-electron chi connectivity index (χ2n) is 13.9. The molecule has 5 rings (SSSR count). The van der Waals surface area contributed by atoms with Crippen molar-refractivity contribution in [2.75, 3.05) is 34.7 Å². The molecule has 244 valence electrons. The van der Waals surface area contributed by atoms with E-state index >= 15 is 0 Å². The predicted molar refractivity (Wildman–Crippen MR) is 182 cm³/mol. The molecule has 2 aliphatic rings. The third kappa shape index (κ3) is 8.22. The lowest BCUT2D eigenvalue weighted by molar-refractivity contribution is -0.871. The zero-order valence-corrected chi connectivity index (χ0v) is 27.7. The third-order valence-electron chi connectivity index (χ3n) is 9.64. The predicted octanol–water partition coefficient (Wildman–Crippen LogP) is 4.07. The highest BCUT2D eigenvalue weighted by molar-refractivity contribution is 5.94. The van der Waals surface area contributed by atoms with Crippen LogP contribution in [0.3, 0.4) is 0 Å². The first-order chi connectivity index (χ1) is 22.1. The summed E-state index contributed by atoms with van der Waals surface area (Å²) >= 11 is 0. The van der Waals surface area contributed by atoms with E-state index in [2.05, 4.69) is 37.1 Å². The molecule has 0 radical (unpaired) electrons. The third-order valence-corrected chi connectivity index (χ3v) is 9.64. The van der Waals surface area contributed by atoms with Gasteiger partial charge in [0.25, 0.3) is 0 Å². The second kappa shape index (κ2) is 15.1. The molecule has 8 nitrogen and oxygen atoms in total. The van der Waals surface area contributed by atoms with Gasteiger partial charge in [-0.2, -0.15) is 0 Å². The van der Waals surface area contributed by atoms with Crippen molar-refractivity contribution in [3.8, 4) is 0 Å². The molecule has 2 fully saturated rings. The summed E-state index contributed by atoms with van der Waals surface area (Å²) in [5, 5.41) is 9.66. The van der Waals surface area contributed by atoms with Gasteiger partial charge < -0.3 is 25.3 Å². The Morgan fingerprint density at radius 2 is 1.39 bits per heavy atom. The average Bonchev–Trinajstić information content (AvgIpc) is 3.44. The number of rotatable bonds is 12. The molecule has 0 saturated carbocycles. The lowest BCUT2D eigenvalue weighted by atomic mass is 9.89. The fourth-order valence-corrected chi connectivity index (χ4v) is 7.05. The van der Waals surface area contributed by atoms with E-state index in [0.717, 1.165) is 53.4 Å². The van der Waals surface area contributed by atoms with Gasteiger partial charge in [0.15, 0.2) is 0 Å². The largest absolute Gasteiger partial charge is 0.343 e. The SMILES string of the molecule is CN[C@H](Cc1ccccc1)C(=O)N[C@@H]1C(=O)N2[C@@H](CC[C@@H]1CC[N+](C)(C)C)CC[C@H]2C(=O)NC(c1ccccc1)c1ccccc1. The van der Waals surface area contributed by atoms with Crippen LogP contribution in [0, 0.1) is 5.92 Å². The summed E-state index contributed by atoms with van der Waals surface area (Å²) in [4.78, 5) is 44.4. The molecule has 46 heavy (non-hydrogen) atoms. The van der Waals surface area contributed by atoms with Gasteiger partial charge in [-0.1, -0.05) is 91.0 Å². The molecule has 0 spiro atoms. The van der Waals surface area contributed by atoms with Gasteiger partial charge in [0.2, 0.25) is 17.7 Å². The van der Waals surface area contributed by atoms with E-state index in [-0.39, 0.29) is 35.7 Å². The number of hydrogen-bond acceptors (Lipinski definition) is 4. The van der Waals surface area contributed by atoms with Crippen molar-refractivity contribution in [3.05, 3.63) is 108 Å². The molecule has 0 aromatic heterocycles. The van der Waals surface area contributed by atoms with Gasteiger partial charge in [0, 0.05) is 12.5 Å². The van der Waals surface area contributed by atoms with E-state index in [1.54, 1.807) is 7.05 Å². The van der Waals surface area contributed by atoms with Crippen molar-refractivity contribution >= 4 is 17.7 Å². The summed E-state index contributed by atoms with van der Waals surface area (Å²) < 4.78 is 0.775. The Balaban J connectivity index is 1.39. The minimum Gasteiger partial charge on any atom is -0.343 e. The molecule has 0 bridgehead atoms. The van der Waals surface area contributed by atoms with Crippen LogP contribution < -0.4 is 16.0 Å². The molecular formula is C38H50N5O3+. The van der Waals surface area contributed by atoms with Crippen molar-refractivity contribution in [2.45, 2.75) is 68.7 Å². The highest BCUT2D eigenvalue weighted by Crippen LogP contribution is 2.36. The van der Waals surface area contributed by atoms with Gasteiger partial charge in [-0.25, -0.2) is 0 Å². The Morgan fingerprint density at radius 3 is 1.96 bits per heavy atom. The molecular weight excluding hydrogens is 574 g/mol. The first-order valence-corrected chi connectivity index (χ1v) is 16.7. The maximum atomic E-state index is 14.6. The van der Waals surface area contributed by atoms with E-state index in [1.165, 1.54) is 0 Å². The van der Waals surface area contributed by atoms with Gasteiger partial charge in [0.05, 0.1) is 39.8 Å². The minimum absolute atomic E-state index is 0.0151. The van der Waals surface area contributed by atoms with Crippen LogP contribution in [0.25, 0.3) is 0 Å². The Labute approximate surface area is 274 Å². The molecule has 3 aromatic carbocycles. The van der Waals surface area contributed by atoms with Crippen molar-refractivity contribution in [2.24, 2.45) is 5.92 Å². The molecule has 3 aromatic rings. The fourth-order valence-electron chi connectivity index (χ4n) is 7.05. The van der Waals surface area contributed by atoms with E-state index < -0.39 is 18.1 Å². The molecule has 3 N–H and O–H groups in total. The number of hydrogen-bond donors (Lipinski definition) is 3. The lowest BCUT2D eigenvalue weighted by Crippen LogP contribution is -2.59. The summed E-state index contributed by atoms with van der Waals surface area (Å²) in [6, 6.07) is 27.7. The van der Waals surface area contributed by atoms with Crippen molar-refractivity contribution in [3.63, 3.8) is 0 Å². The summed E-state index contributed by atoms with van der Waals surface area (Å²) in [6.07, 6.45) is 4.36. The number of quaternary nitrogens is 1. The van der Waals surface area contributed by atoms with Gasteiger partial charge in [-0.05, 0) is 61.8 Å². The number of likely N-dealkylation sites (N-methyl/N-ethyl adjacent to an activating group) is 1. The molecule has 5 atom stereocenters. The van der Waals surface area contributed by atoms with Crippen molar-refractivity contribution in [1.29, 1.82) is 0 Å².